The first-order valence-electron chi connectivity index (χ1n) is 13.8. The predicted octanol–water partition coefficient (Wildman–Crippen LogP) is 5.69. The molecule has 0 amide bonds. The number of aromatic nitrogens is 2. The summed E-state index contributed by atoms with van der Waals surface area (Å²) in [5.41, 5.74) is 3.42. The van der Waals surface area contributed by atoms with E-state index in [2.05, 4.69) is 8.75 Å². The van der Waals surface area contributed by atoms with Gasteiger partial charge in [-0.05, 0) is 81.3 Å². The molecule has 1 atom stereocenters. The van der Waals surface area contributed by atoms with Gasteiger partial charge in [-0.25, -0.2) is 4.79 Å². The van der Waals surface area contributed by atoms with Crippen LogP contribution in [0.1, 0.15) is 44.4 Å². The fourth-order valence-corrected chi connectivity index (χ4v) is 5.56. The number of hydrogen-bond acceptors (Lipinski definition) is 11. The molecule has 1 aromatic heterocycles. The highest BCUT2D eigenvalue weighted by Gasteiger charge is 2.48. The third-order valence-corrected chi connectivity index (χ3v) is 7.43. The third kappa shape index (κ3) is 5.82. The summed E-state index contributed by atoms with van der Waals surface area (Å²) in [6.07, 6.45) is -0.177. The molecule has 1 aliphatic rings. The van der Waals surface area contributed by atoms with Crippen molar-refractivity contribution in [3.63, 3.8) is 0 Å². The van der Waals surface area contributed by atoms with Gasteiger partial charge in [0.25, 0.3) is 5.79 Å². The molecule has 43 heavy (non-hydrogen) atoms. The van der Waals surface area contributed by atoms with Crippen molar-refractivity contribution < 1.29 is 38.3 Å². The lowest BCUT2D eigenvalue weighted by Gasteiger charge is -2.27. The van der Waals surface area contributed by atoms with E-state index in [4.69, 9.17) is 28.4 Å². The van der Waals surface area contributed by atoms with Gasteiger partial charge in [0.05, 0.1) is 50.8 Å². The molecule has 2 heterocycles. The van der Waals surface area contributed by atoms with Crippen molar-refractivity contribution in [2.24, 2.45) is 0 Å². The van der Waals surface area contributed by atoms with Gasteiger partial charge in [-0.3, -0.25) is 0 Å². The maximum Gasteiger partial charge on any atom is 0.342 e. The Kier molecular flexibility index (Phi) is 8.48. The Balaban J connectivity index is 1.72. The monoisotopic (exact) mass is 606 g/mol. The zero-order valence-electron chi connectivity index (χ0n) is 25.1. The minimum absolute atomic E-state index is 0.103. The second-order valence-corrected chi connectivity index (χ2v) is 11.1. The maximum atomic E-state index is 13.6. The zero-order chi connectivity index (χ0) is 30.9. The van der Waals surface area contributed by atoms with Crippen LogP contribution in [0.15, 0.2) is 54.1 Å². The largest absolute Gasteiger partial charge is 0.493 e. The summed E-state index contributed by atoms with van der Waals surface area (Å²) in [7, 11) is 4.57. The summed E-state index contributed by atoms with van der Waals surface area (Å²) in [5.74, 6) is -0.557. The second kappa shape index (κ2) is 12.1. The molecule has 0 radical (unpaired) electrons. The van der Waals surface area contributed by atoms with E-state index >= 15 is 0 Å². The number of carbonyl (C=O) groups is 1. The van der Waals surface area contributed by atoms with Crippen LogP contribution in [0.3, 0.4) is 0 Å². The summed E-state index contributed by atoms with van der Waals surface area (Å²) in [6, 6.07) is 13.8. The number of nitrogens with zero attached hydrogens (tertiary/aromatic N) is 2. The van der Waals surface area contributed by atoms with Gasteiger partial charge >= 0.3 is 5.97 Å². The number of aliphatic hydroxyl groups is 1. The topological polar surface area (TPSA) is 118 Å². The Labute approximate surface area is 254 Å². The lowest BCUT2D eigenvalue weighted by Crippen LogP contribution is -2.30. The van der Waals surface area contributed by atoms with Gasteiger partial charge in [0, 0.05) is 17.6 Å². The number of cyclic esters (lactones) is 1. The molecule has 0 saturated carbocycles. The standard InChI is InChI=1S/C32H34N2O8S/c1-17(2)40-28-14-19(13-27(39-7)30(28)41-18(3)4)12-22-29(20-8-10-23-24(15-20)34-43-33-23)31(35)42-32(22,36)21-9-11-25(37-5)26(16-21)38-6/h8-11,13-18,36H,12H2,1-7H3. The molecule has 0 fully saturated rings. The first-order chi connectivity index (χ1) is 20.6. The molecular formula is C32H34N2O8S. The number of rotatable bonds is 11. The molecule has 1 aliphatic heterocycles. The highest BCUT2D eigenvalue weighted by molar-refractivity contribution is 7.00. The van der Waals surface area contributed by atoms with Crippen molar-refractivity contribution in [2.45, 2.75) is 52.1 Å². The quantitative estimate of drug-likeness (QED) is 0.213. The molecular weight excluding hydrogens is 572 g/mol. The summed E-state index contributed by atoms with van der Waals surface area (Å²) < 4.78 is 43.2. The maximum absolute atomic E-state index is 13.6. The minimum Gasteiger partial charge on any atom is -0.493 e. The van der Waals surface area contributed by atoms with Crippen LogP contribution in [0.2, 0.25) is 0 Å². The van der Waals surface area contributed by atoms with Crippen LogP contribution in [-0.4, -0.2) is 53.4 Å². The van der Waals surface area contributed by atoms with E-state index in [-0.39, 0.29) is 24.2 Å². The van der Waals surface area contributed by atoms with Gasteiger partial charge in [-0.2, -0.15) is 8.75 Å². The van der Waals surface area contributed by atoms with E-state index in [1.54, 1.807) is 49.6 Å². The third-order valence-electron chi connectivity index (χ3n) is 6.87. The Morgan fingerprint density at radius 3 is 2.16 bits per heavy atom. The van der Waals surface area contributed by atoms with Crippen LogP contribution in [0.5, 0.6) is 28.7 Å². The van der Waals surface area contributed by atoms with Crippen LogP contribution in [0, 0.1) is 0 Å². The molecule has 10 nitrogen and oxygen atoms in total. The van der Waals surface area contributed by atoms with Gasteiger partial charge in [-0.1, -0.05) is 6.07 Å². The first-order valence-corrected chi connectivity index (χ1v) is 14.5. The number of benzene rings is 3. The van der Waals surface area contributed by atoms with Crippen LogP contribution in [-0.2, 0) is 21.7 Å². The summed E-state index contributed by atoms with van der Waals surface area (Å²) in [4.78, 5) is 13.6. The van der Waals surface area contributed by atoms with Crippen LogP contribution in [0.25, 0.3) is 16.6 Å². The molecule has 1 N–H and O–H groups in total. The Bertz CT molecular complexity index is 1700. The number of fused-ring (bicyclic) bond motifs is 1. The van der Waals surface area contributed by atoms with Crippen LogP contribution in [0.4, 0.5) is 0 Å². The highest BCUT2D eigenvalue weighted by atomic mass is 32.1. The van der Waals surface area contributed by atoms with E-state index in [0.29, 0.717) is 62.0 Å². The smallest absolute Gasteiger partial charge is 0.342 e. The molecule has 0 spiro atoms. The normalized spacial score (nSPS) is 16.7. The number of ether oxygens (including phenoxy) is 6. The Hall–Kier alpha value is -4.35. The van der Waals surface area contributed by atoms with Crippen molar-refractivity contribution in [2.75, 3.05) is 21.3 Å². The second-order valence-electron chi connectivity index (χ2n) is 10.6. The molecule has 226 valence electrons. The molecule has 4 aromatic rings. The van der Waals surface area contributed by atoms with E-state index < -0.39 is 11.8 Å². The van der Waals surface area contributed by atoms with Crippen molar-refractivity contribution in [3.05, 3.63) is 70.8 Å². The number of hydrogen-bond donors (Lipinski definition) is 1. The SMILES string of the molecule is COc1ccc(C2(O)OC(=O)C(c3ccc4nsnc4c3)=C2Cc2cc(OC)c(OC(C)C)c(OC(C)C)c2)cc1OC. The summed E-state index contributed by atoms with van der Waals surface area (Å²) in [5, 5.41) is 12.2. The Morgan fingerprint density at radius 1 is 0.814 bits per heavy atom. The van der Waals surface area contributed by atoms with E-state index in [9.17, 15) is 9.90 Å². The van der Waals surface area contributed by atoms with Crippen molar-refractivity contribution in [1.29, 1.82) is 0 Å². The minimum atomic E-state index is -2.12. The molecule has 5 rings (SSSR count). The van der Waals surface area contributed by atoms with Crippen LogP contribution >= 0.6 is 11.7 Å². The lowest BCUT2D eigenvalue weighted by molar-refractivity contribution is -0.185. The van der Waals surface area contributed by atoms with Gasteiger partial charge in [0.1, 0.15) is 11.0 Å². The first kappa shape index (κ1) is 30.1. The Morgan fingerprint density at radius 2 is 1.49 bits per heavy atom. The number of esters is 1. The molecule has 3 aromatic carbocycles. The van der Waals surface area contributed by atoms with Crippen LogP contribution < -0.4 is 23.7 Å². The predicted molar refractivity (Wildman–Crippen MR) is 162 cm³/mol. The van der Waals surface area contributed by atoms with Gasteiger partial charge < -0.3 is 33.5 Å². The fourth-order valence-electron chi connectivity index (χ4n) is 5.04. The van der Waals surface area contributed by atoms with E-state index in [1.807, 2.05) is 33.8 Å². The summed E-state index contributed by atoms with van der Waals surface area (Å²) in [6.45, 7) is 7.68. The van der Waals surface area contributed by atoms with Crippen molar-refractivity contribution in [1.82, 2.24) is 8.75 Å². The lowest BCUT2D eigenvalue weighted by atomic mass is 9.87. The molecule has 1 unspecified atom stereocenters. The molecule has 0 bridgehead atoms. The fraction of sp³-hybridized carbons (Fsp3) is 0.344. The van der Waals surface area contributed by atoms with Gasteiger partial charge in [0.15, 0.2) is 23.0 Å². The zero-order valence-corrected chi connectivity index (χ0v) is 25.9. The van der Waals surface area contributed by atoms with Gasteiger partial charge in [0.2, 0.25) is 5.75 Å². The van der Waals surface area contributed by atoms with E-state index in [1.165, 1.54) is 14.2 Å². The average molecular weight is 607 g/mol. The summed E-state index contributed by atoms with van der Waals surface area (Å²) >= 11 is 1.08. The molecule has 0 aliphatic carbocycles. The number of carbonyl (C=O) groups excluding carboxylic acids is 1. The molecule has 0 saturated heterocycles. The van der Waals surface area contributed by atoms with Gasteiger partial charge in [-0.15, -0.1) is 0 Å². The average Bonchev–Trinajstić information content (AvgIpc) is 3.54. The highest BCUT2D eigenvalue weighted by Crippen LogP contribution is 2.48. The van der Waals surface area contributed by atoms with Crippen molar-refractivity contribution >= 4 is 34.3 Å². The molecule has 11 heteroatoms. The van der Waals surface area contributed by atoms with E-state index in [0.717, 1.165) is 11.7 Å². The number of methoxy groups -OCH3 is 3. The van der Waals surface area contributed by atoms with Crippen molar-refractivity contribution in [3.8, 4) is 28.7 Å².